The van der Waals surface area contributed by atoms with Crippen LogP contribution in [0.3, 0.4) is 0 Å². The second-order valence-electron chi connectivity index (χ2n) is 4.43. The van der Waals surface area contributed by atoms with Crippen molar-refractivity contribution in [1.82, 2.24) is 15.5 Å². The summed E-state index contributed by atoms with van der Waals surface area (Å²) in [7, 11) is 0. The molecule has 1 heterocycles. The number of carbonyl (C=O) groups is 1. The Morgan fingerprint density at radius 1 is 1.59 bits per heavy atom. The van der Waals surface area contributed by atoms with Crippen LogP contribution in [0.2, 0.25) is 0 Å². The summed E-state index contributed by atoms with van der Waals surface area (Å²) in [5.74, 6) is 1.17. The Morgan fingerprint density at radius 2 is 2.41 bits per heavy atom. The van der Waals surface area contributed by atoms with Gasteiger partial charge >= 0.3 is 0 Å². The van der Waals surface area contributed by atoms with E-state index < -0.39 is 0 Å². The minimum absolute atomic E-state index is 0.115. The third-order valence-corrected chi connectivity index (χ3v) is 4.98. The van der Waals surface area contributed by atoms with E-state index in [1.54, 1.807) is 5.51 Å². The second-order valence-corrected chi connectivity index (χ2v) is 6.48. The molecule has 94 valence electrons. The van der Waals surface area contributed by atoms with Crippen LogP contribution in [-0.4, -0.2) is 27.9 Å². The van der Waals surface area contributed by atoms with Gasteiger partial charge in [-0.25, -0.2) is 0 Å². The molecule has 0 unspecified atom stereocenters. The highest BCUT2D eigenvalue weighted by molar-refractivity contribution is 8.01. The molecule has 0 aromatic carbocycles. The van der Waals surface area contributed by atoms with Crippen molar-refractivity contribution in [3.05, 3.63) is 5.51 Å². The largest absolute Gasteiger partial charge is 0.352 e. The zero-order valence-electron chi connectivity index (χ0n) is 9.89. The minimum atomic E-state index is 0.115. The molecular weight excluding hydrogens is 254 g/mol. The van der Waals surface area contributed by atoms with E-state index in [9.17, 15) is 4.79 Å². The monoisotopic (exact) mass is 271 g/mol. The predicted molar refractivity (Wildman–Crippen MR) is 70.2 cm³/mol. The average Bonchev–Trinajstić information content (AvgIpc) is 2.82. The molecule has 1 aromatic rings. The Hall–Kier alpha value is -0.620. The van der Waals surface area contributed by atoms with Gasteiger partial charge in [0.25, 0.3) is 0 Å². The van der Waals surface area contributed by atoms with Crippen LogP contribution in [-0.2, 0) is 4.79 Å². The van der Waals surface area contributed by atoms with Crippen LogP contribution in [0.5, 0.6) is 0 Å². The summed E-state index contributed by atoms with van der Waals surface area (Å²) in [6, 6.07) is 0.367. The van der Waals surface area contributed by atoms with E-state index in [1.807, 2.05) is 0 Å². The van der Waals surface area contributed by atoms with Gasteiger partial charge in [-0.05, 0) is 18.8 Å². The van der Waals surface area contributed by atoms with Gasteiger partial charge in [0.2, 0.25) is 5.91 Å². The first kappa shape index (κ1) is 12.8. The van der Waals surface area contributed by atoms with Crippen molar-refractivity contribution in [2.24, 2.45) is 5.92 Å². The molecule has 0 aliphatic heterocycles. The van der Waals surface area contributed by atoms with Crippen molar-refractivity contribution >= 4 is 29.0 Å². The molecule has 0 radical (unpaired) electrons. The Bertz CT molecular complexity index is 356. The van der Waals surface area contributed by atoms with Gasteiger partial charge in [0.05, 0.1) is 5.75 Å². The maximum absolute atomic E-state index is 11.8. The minimum Gasteiger partial charge on any atom is -0.352 e. The number of hydrogen-bond acceptors (Lipinski definition) is 5. The number of amides is 1. The van der Waals surface area contributed by atoms with Gasteiger partial charge in [-0.2, -0.15) is 0 Å². The van der Waals surface area contributed by atoms with E-state index in [-0.39, 0.29) is 5.91 Å². The summed E-state index contributed by atoms with van der Waals surface area (Å²) < 4.78 is 0.858. The summed E-state index contributed by atoms with van der Waals surface area (Å²) in [6.07, 6.45) is 4.89. The maximum atomic E-state index is 11.8. The summed E-state index contributed by atoms with van der Waals surface area (Å²) in [4.78, 5) is 11.8. The summed E-state index contributed by atoms with van der Waals surface area (Å²) in [5, 5.41) is 10.8. The third kappa shape index (κ3) is 3.96. The highest BCUT2D eigenvalue weighted by atomic mass is 32.2. The van der Waals surface area contributed by atoms with E-state index in [4.69, 9.17) is 0 Å². The summed E-state index contributed by atoms with van der Waals surface area (Å²) in [5.41, 5.74) is 1.68. The third-order valence-electron chi connectivity index (χ3n) is 3.12. The predicted octanol–water partition coefficient (Wildman–Crippen LogP) is 2.33. The van der Waals surface area contributed by atoms with Gasteiger partial charge in [-0.15, -0.1) is 10.2 Å². The Morgan fingerprint density at radius 3 is 3.12 bits per heavy atom. The molecule has 0 saturated heterocycles. The summed E-state index contributed by atoms with van der Waals surface area (Å²) in [6.45, 7) is 2.22. The van der Waals surface area contributed by atoms with Crippen molar-refractivity contribution in [2.75, 3.05) is 5.75 Å². The number of aromatic nitrogens is 2. The van der Waals surface area contributed by atoms with E-state index in [2.05, 4.69) is 22.4 Å². The quantitative estimate of drug-likeness (QED) is 0.854. The Kier molecular flexibility index (Phi) is 4.79. The zero-order valence-corrected chi connectivity index (χ0v) is 11.5. The number of thioether (sulfide) groups is 1. The highest BCUT2D eigenvalue weighted by Crippen LogP contribution is 2.24. The van der Waals surface area contributed by atoms with Gasteiger partial charge in [0.15, 0.2) is 4.34 Å². The van der Waals surface area contributed by atoms with Crippen LogP contribution >= 0.6 is 23.1 Å². The topological polar surface area (TPSA) is 54.9 Å². The standard InChI is InChI=1S/C11H17N3OS2/c1-8-4-2-3-5-9(8)13-10(15)6-16-11-14-12-7-17-11/h7-9H,2-6H2,1H3,(H,13,15)/t8-,9+/m0/s1. The highest BCUT2D eigenvalue weighted by Gasteiger charge is 2.22. The first-order valence-corrected chi connectivity index (χ1v) is 7.80. The Labute approximate surface area is 110 Å². The lowest BCUT2D eigenvalue weighted by Gasteiger charge is -2.29. The lowest BCUT2D eigenvalue weighted by molar-refractivity contribution is -0.119. The fourth-order valence-corrected chi connectivity index (χ4v) is 3.43. The molecule has 0 bridgehead atoms. The van der Waals surface area contributed by atoms with Crippen LogP contribution in [0.15, 0.2) is 9.85 Å². The molecule has 1 N–H and O–H groups in total. The molecular formula is C11H17N3OS2. The van der Waals surface area contributed by atoms with Crippen LogP contribution in [0.1, 0.15) is 32.6 Å². The van der Waals surface area contributed by atoms with Crippen LogP contribution in [0.4, 0.5) is 0 Å². The molecule has 0 spiro atoms. The van der Waals surface area contributed by atoms with Crippen molar-refractivity contribution in [1.29, 1.82) is 0 Å². The molecule has 1 aromatic heterocycles. The first-order chi connectivity index (χ1) is 8.25. The Balaban J connectivity index is 1.73. The lowest BCUT2D eigenvalue weighted by Crippen LogP contribution is -2.41. The number of nitrogens with zero attached hydrogens (tertiary/aromatic N) is 2. The fraction of sp³-hybridized carbons (Fsp3) is 0.727. The van der Waals surface area contributed by atoms with Gasteiger partial charge in [-0.1, -0.05) is 42.9 Å². The molecule has 1 amide bonds. The number of rotatable bonds is 4. The van der Waals surface area contributed by atoms with Crippen molar-refractivity contribution in [3.8, 4) is 0 Å². The number of hydrogen-bond donors (Lipinski definition) is 1. The van der Waals surface area contributed by atoms with E-state index in [0.717, 1.165) is 10.8 Å². The molecule has 2 rings (SSSR count). The maximum Gasteiger partial charge on any atom is 0.230 e. The molecule has 4 nitrogen and oxygen atoms in total. The smallest absolute Gasteiger partial charge is 0.230 e. The van der Waals surface area contributed by atoms with Gasteiger partial charge < -0.3 is 5.32 Å². The first-order valence-electron chi connectivity index (χ1n) is 5.94. The molecule has 2 atom stereocenters. The van der Waals surface area contributed by atoms with E-state index in [1.165, 1.54) is 42.4 Å². The van der Waals surface area contributed by atoms with Crippen LogP contribution < -0.4 is 5.32 Å². The van der Waals surface area contributed by atoms with Crippen molar-refractivity contribution < 1.29 is 4.79 Å². The van der Waals surface area contributed by atoms with Crippen molar-refractivity contribution in [2.45, 2.75) is 43.0 Å². The van der Waals surface area contributed by atoms with Gasteiger partial charge in [0, 0.05) is 6.04 Å². The van der Waals surface area contributed by atoms with Crippen LogP contribution in [0, 0.1) is 5.92 Å². The average molecular weight is 271 g/mol. The van der Waals surface area contributed by atoms with Gasteiger partial charge in [0.1, 0.15) is 5.51 Å². The molecule has 1 aliphatic carbocycles. The number of nitrogens with one attached hydrogen (secondary N) is 1. The second kappa shape index (κ2) is 6.35. The molecule has 1 aliphatic rings. The van der Waals surface area contributed by atoms with Crippen molar-refractivity contribution in [3.63, 3.8) is 0 Å². The molecule has 17 heavy (non-hydrogen) atoms. The van der Waals surface area contributed by atoms with Gasteiger partial charge in [-0.3, -0.25) is 4.79 Å². The molecule has 6 heteroatoms. The van der Waals surface area contributed by atoms with E-state index in [0.29, 0.717) is 17.7 Å². The lowest BCUT2D eigenvalue weighted by atomic mass is 9.86. The number of carbonyl (C=O) groups excluding carboxylic acids is 1. The SMILES string of the molecule is C[C@H]1CCCC[C@H]1NC(=O)CSc1nncs1. The zero-order chi connectivity index (χ0) is 12.1. The normalized spacial score (nSPS) is 24.5. The van der Waals surface area contributed by atoms with Crippen LogP contribution in [0.25, 0.3) is 0 Å². The summed E-state index contributed by atoms with van der Waals surface area (Å²) >= 11 is 2.93. The molecule has 1 saturated carbocycles. The fourth-order valence-electron chi connectivity index (χ4n) is 2.13. The van der Waals surface area contributed by atoms with E-state index >= 15 is 0 Å². The molecule has 1 fully saturated rings.